The Bertz CT molecular complexity index is 953. The number of pyridine rings is 1. The molecule has 0 aliphatic rings. The van der Waals surface area contributed by atoms with Gasteiger partial charge in [0.2, 0.25) is 0 Å². The average molecular weight is 373 g/mol. The van der Waals surface area contributed by atoms with Crippen LogP contribution in [0.5, 0.6) is 0 Å². The second-order valence-electron chi connectivity index (χ2n) is 6.52. The van der Waals surface area contributed by atoms with Crippen LogP contribution in [-0.2, 0) is 6.42 Å². The molecule has 0 saturated heterocycles. The molecule has 5 heteroatoms. The third-order valence-electron chi connectivity index (χ3n) is 4.48. The Balaban J connectivity index is 1.68. The van der Waals surface area contributed by atoms with E-state index in [1.807, 2.05) is 61.5 Å². The van der Waals surface area contributed by atoms with E-state index in [1.165, 1.54) is 5.56 Å². The molecule has 2 amide bonds. The predicted molar refractivity (Wildman–Crippen MR) is 110 cm³/mol. The number of hydrogen-bond acceptors (Lipinski definition) is 3. The second kappa shape index (κ2) is 8.95. The molecule has 5 nitrogen and oxygen atoms in total. The van der Waals surface area contributed by atoms with Gasteiger partial charge in [-0.1, -0.05) is 55.5 Å². The van der Waals surface area contributed by atoms with E-state index in [1.54, 1.807) is 18.2 Å². The number of anilines is 1. The molecule has 3 aromatic rings. The summed E-state index contributed by atoms with van der Waals surface area (Å²) in [5, 5.41) is 5.72. The number of nitrogens with one attached hydrogen (secondary N) is 2. The molecule has 3 rings (SSSR count). The van der Waals surface area contributed by atoms with Gasteiger partial charge < -0.3 is 10.6 Å². The highest BCUT2D eigenvalue weighted by molar-refractivity contribution is 6.03. The summed E-state index contributed by atoms with van der Waals surface area (Å²) < 4.78 is 0. The van der Waals surface area contributed by atoms with Crippen LogP contribution in [0.25, 0.3) is 0 Å². The summed E-state index contributed by atoms with van der Waals surface area (Å²) in [6.45, 7) is 3.98. The summed E-state index contributed by atoms with van der Waals surface area (Å²) in [5.41, 5.74) is 3.29. The number of carbonyl (C=O) groups excluding carboxylic acids is 2. The van der Waals surface area contributed by atoms with Gasteiger partial charge in [0.15, 0.2) is 0 Å². The molecule has 142 valence electrons. The molecule has 2 aromatic carbocycles. The van der Waals surface area contributed by atoms with Gasteiger partial charge in [-0.05, 0) is 48.7 Å². The Morgan fingerprint density at radius 1 is 0.857 bits per heavy atom. The number of aromatic nitrogens is 1. The Morgan fingerprint density at radius 3 is 2.14 bits per heavy atom. The van der Waals surface area contributed by atoms with Gasteiger partial charge in [-0.25, -0.2) is 4.98 Å². The highest BCUT2D eigenvalue weighted by Gasteiger charge is 2.15. The Morgan fingerprint density at radius 2 is 1.50 bits per heavy atom. The Hall–Kier alpha value is -3.47. The van der Waals surface area contributed by atoms with Crippen LogP contribution in [0, 0.1) is 0 Å². The standard InChI is InChI=1S/C23H23N3O2/c1-3-17-12-14-19(15-13-17)25-23(28)21-11-7-10-20(26-21)22(27)24-16(2)18-8-5-4-6-9-18/h4-16H,3H2,1-2H3,(H,24,27)(H,25,28). The van der Waals surface area contributed by atoms with Crippen LogP contribution in [0.4, 0.5) is 5.69 Å². The number of amides is 2. The van der Waals surface area contributed by atoms with Crippen molar-refractivity contribution in [3.05, 3.63) is 95.3 Å². The highest BCUT2D eigenvalue weighted by Crippen LogP contribution is 2.13. The molecule has 0 fully saturated rings. The maximum absolute atomic E-state index is 12.5. The molecule has 28 heavy (non-hydrogen) atoms. The average Bonchev–Trinajstić information content (AvgIpc) is 2.75. The van der Waals surface area contributed by atoms with Crippen molar-refractivity contribution in [2.24, 2.45) is 0 Å². The van der Waals surface area contributed by atoms with Crippen LogP contribution in [0.3, 0.4) is 0 Å². The summed E-state index contributed by atoms with van der Waals surface area (Å²) in [7, 11) is 0. The fourth-order valence-corrected chi connectivity index (χ4v) is 2.80. The van der Waals surface area contributed by atoms with Gasteiger partial charge in [0, 0.05) is 5.69 Å². The molecule has 1 heterocycles. The smallest absolute Gasteiger partial charge is 0.274 e. The molecule has 0 radical (unpaired) electrons. The molecule has 1 aromatic heterocycles. The van der Waals surface area contributed by atoms with Crippen LogP contribution in [-0.4, -0.2) is 16.8 Å². The van der Waals surface area contributed by atoms with E-state index >= 15 is 0 Å². The molecule has 0 bridgehead atoms. The van der Waals surface area contributed by atoms with Crippen molar-refractivity contribution in [2.75, 3.05) is 5.32 Å². The van der Waals surface area contributed by atoms with E-state index in [2.05, 4.69) is 22.5 Å². The van der Waals surface area contributed by atoms with Gasteiger partial charge in [-0.3, -0.25) is 9.59 Å². The van der Waals surface area contributed by atoms with Crippen molar-refractivity contribution in [3.63, 3.8) is 0 Å². The Kier molecular flexibility index (Phi) is 6.17. The number of rotatable bonds is 6. The lowest BCUT2D eigenvalue weighted by molar-refractivity contribution is 0.0934. The van der Waals surface area contributed by atoms with Crippen molar-refractivity contribution < 1.29 is 9.59 Å². The van der Waals surface area contributed by atoms with E-state index in [9.17, 15) is 9.59 Å². The molecular formula is C23H23N3O2. The normalized spacial score (nSPS) is 11.5. The van der Waals surface area contributed by atoms with Gasteiger partial charge in [0.05, 0.1) is 6.04 Å². The molecule has 0 spiro atoms. The first-order valence-corrected chi connectivity index (χ1v) is 9.30. The fraction of sp³-hybridized carbons (Fsp3) is 0.174. The lowest BCUT2D eigenvalue weighted by Gasteiger charge is -2.14. The van der Waals surface area contributed by atoms with E-state index in [4.69, 9.17) is 0 Å². The van der Waals surface area contributed by atoms with Crippen LogP contribution < -0.4 is 10.6 Å². The van der Waals surface area contributed by atoms with Crippen molar-refractivity contribution in [2.45, 2.75) is 26.3 Å². The quantitative estimate of drug-likeness (QED) is 0.673. The maximum atomic E-state index is 12.5. The molecule has 1 atom stereocenters. The first-order chi connectivity index (χ1) is 13.6. The molecule has 0 saturated carbocycles. The summed E-state index contributed by atoms with van der Waals surface area (Å²) in [4.78, 5) is 29.2. The van der Waals surface area contributed by atoms with E-state index in [-0.39, 0.29) is 29.2 Å². The lowest BCUT2D eigenvalue weighted by Crippen LogP contribution is -2.28. The zero-order valence-corrected chi connectivity index (χ0v) is 16.0. The summed E-state index contributed by atoms with van der Waals surface area (Å²) >= 11 is 0. The minimum absolute atomic E-state index is 0.162. The molecular weight excluding hydrogens is 350 g/mol. The molecule has 0 aliphatic carbocycles. The van der Waals surface area contributed by atoms with Gasteiger partial charge in [0.1, 0.15) is 11.4 Å². The van der Waals surface area contributed by atoms with E-state index in [0.717, 1.165) is 12.0 Å². The summed E-state index contributed by atoms with van der Waals surface area (Å²) in [5.74, 6) is -0.673. The van der Waals surface area contributed by atoms with E-state index in [0.29, 0.717) is 5.69 Å². The summed E-state index contributed by atoms with van der Waals surface area (Å²) in [6.07, 6.45) is 0.939. The number of hydrogen-bond donors (Lipinski definition) is 2. The van der Waals surface area contributed by atoms with E-state index < -0.39 is 0 Å². The van der Waals surface area contributed by atoms with Crippen LogP contribution in [0.2, 0.25) is 0 Å². The minimum atomic E-state index is -0.352. The first kappa shape index (κ1) is 19.3. The Labute approximate surface area is 164 Å². The zero-order chi connectivity index (χ0) is 19.9. The molecule has 0 aliphatic heterocycles. The topological polar surface area (TPSA) is 71.1 Å². The van der Waals surface area contributed by atoms with Gasteiger partial charge in [-0.15, -0.1) is 0 Å². The van der Waals surface area contributed by atoms with Crippen molar-refractivity contribution in [1.82, 2.24) is 10.3 Å². The third-order valence-corrected chi connectivity index (χ3v) is 4.48. The predicted octanol–water partition coefficient (Wildman–Crippen LogP) is 4.39. The van der Waals surface area contributed by atoms with Crippen molar-refractivity contribution >= 4 is 17.5 Å². The first-order valence-electron chi connectivity index (χ1n) is 9.30. The highest BCUT2D eigenvalue weighted by atomic mass is 16.2. The van der Waals surface area contributed by atoms with Crippen molar-refractivity contribution in [3.8, 4) is 0 Å². The number of aryl methyl sites for hydroxylation is 1. The number of carbonyl (C=O) groups is 2. The largest absolute Gasteiger partial charge is 0.344 e. The second-order valence-corrected chi connectivity index (χ2v) is 6.52. The maximum Gasteiger partial charge on any atom is 0.274 e. The number of nitrogens with zero attached hydrogens (tertiary/aromatic N) is 1. The van der Waals surface area contributed by atoms with Crippen LogP contribution in [0.15, 0.2) is 72.8 Å². The van der Waals surface area contributed by atoms with Gasteiger partial charge >= 0.3 is 0 Å². The molecule has 1 unspecified atom stereocenters. The lowest BCUT2D eigenvalue weighted by atomic mass is 10.1. The third kappa shape index (κ3) is 4.82. The monoisotopic (exact) mass is 373 g/mol. The van der Waals surface area contributed by atoms with Gasteiger partial charge in [0.25, 0.3) is 11.8 Å². The van der Waals surface area contributed by atoms with Crippen LogP contribution >= 0.6 is 0 Å². The zero-order valence-electron chi connectivity index (χ0n) is 16.0. The minimum Gasteiger partial charge on any atom is -0.344 e. The SMILES string of the molecule is CCc1ccc(NC(=O)c2cccc(C(=O)NC(C)c3ccccc3)n2)cc1. The van der Waals surface area contributed by atoms with Gasteiger partial charge in [-0.2, -0.15) is 0 Å². The molecule has 2 N–H and O–H groups in total. The number of benzene rings is 2. The fourth-order valence-electron chi connectivity index (χ4n) is 2.80. The van der Waals surface area contributed by atoms with Crippen molar-refractivity contribution in [1.29, 1.82) is 0 Å². The van der Waals surface area contributed by atoms with Crippen LogP contribution in [0.1, 0.15) is 52.0 Å². The summed E-state index contributed by atoms with van der Waals surface area (Å²) in [6, 6.07) is 22.0.